The van der Waals surface area contributed by atoms with Crippen LogP contribution in [0.5, 0.6) is 5.75 Å². The smallest absolute Gasteiger partial charge is 0.195 e. The molecule has 4 heteroatoms. The Morgan fingerprint density at radius 1 is 0.871 bits per heavy atom. The molecule has 0 aliphatic carbocycles. The van der Waals surface area contributed by atoms with Crippen LogP contribution in [0.4, 0.5) is 0 Å². The second kappa shape index (κ2) is 9.63. The van der Waals surface area contributed by atoms with Gasteiger partial charge in [0.15, 0.2) is 5.78 Å². The van der Waals surface area contributed by atoms with Gasteiger partial charge in [-0.3, -0.25) is 4.79 Å². The molecular formula is C27H28N2O2. The number of ketones is 1. The molecule has 0 atom stereocenters. The predicted octanol–water partition coefficient (Wildman–Crippen LogP) is 5.79. The summed E-state index contributed by atoms with van der Waals surface area (Å²) in [6.45, 7) is 7.86. The maximum Gasteiger partial charge on any atom is 0.195 e. The van der Waals surface area contributed by atoms with Crippen LogP contribution in [0.1, 0.15) is 29.8 Å². The lowest BCUT2D eigenvalue weighted by molar-refractivity contribution is 0.104. The minimum Gasteiger partial charge on any atom is -0.492 e. The van der Waals surface area contributed by atoms with Crippen LogP contribution in [0, 0.1) is 0 Å². The van der Waals surface area contributed by atoms with E-state index in [0.717, 1.165) is 47.5 Å². The summed E-state index contributed by atoms with van der Waals surface area (Å²) in [5.41, 5.74) is 4.17. The topological polar surface area (TPSA) is 45.3 Å². The Labute approximate surface area is 183 Å². The fourth-order valence-electron chi connectivity index (χ4n) is 3.88. The first-order valence-electron chi connectivity index (χ1n) is 10.9. The molecule has 0 spiro atoms. The van der Waals surface area contributed by atoms with Crippen molar-refractivity contribution in [3.05, 3.63) is 90.0 Å². The van der Waals surface area contributed by atoms with Gasteiger partial charge in [-0.05, 0) is 49.0 Å². The lowest BCUT2D eigenvalue weighted by Gasteiger charge is -2.18. The lowest BCUT2D eigenvalue weighted by Crippen LogP contribution is -2.27. The molecule has 0 aliphatic rings. The van der Waals surface area contributed by atoms with Crippen molar-refractivity contribution in [3.8, 4) is 17.0 Å². The van der Waals surface area contributed by atoms with Crippen molar-refractivity contribution in [3.63, 3.8) is 0 Å². The number of aromatic amines is 1. The SMILES string of the molecule is CCN(CC)CCOc1ccc(C(=O)c2c(-c3ccccc3)[nH]c3ccccc23)cc1. The first-order valence-corrected chi connectivity index (χ1v) is 10.9. The van der Waals surface area contributed by atoms with Crippen LogP contribution >= 0.6 is 0 Å². The number of rotatable bonds is 9. The summed E-state index contributed by atoms with van der Waals surface area (Å²) < 4.78 is 5.87. The van der Waals surface area contributed by atoms with Gasteiger partial charge < -0.3 is 14.6 Å². The highest BCUT2D eigenvalue weighted by atomic mass is 16.5. The number of carbonyl (C=O) groups is 1. The van der Waals surface area contributed by atoms with E-state index in [4.69, 9.17) is 4.74 Å². The number of fused-ring (bicyclic) bond motifs is 1. The Hall–Kier alpha value is -3.37. The molecule has 0 aliphatic heterocycles. The van der Waals surface area contributed by atoms with Crippen molar-refractivity contribution in [1.29, 1.82) is 0 Å². The standard InChI is InChI=1S/C27H28N2O2/c1-3-29(4-2)18-19-31-22-16-14-21(15-17-22)27(30)25-23-12-8-9-13-24(23)28-26(25)20-10-6-5-7-11-20/h5-17,28H,3-4,18-19H2,1-2H3. The van der Waals surface area contributed by atoms with E-state index in [1.165, 1.54) is 0 Å². The molecule has 0 amide bonds. The summed E-state index contributed by atoms with van der Waals surface area (Å²) in [6.07, 6.45) is 0. The molecule has 1 heterocycles. The third-order valence-corrected chi connectivity index (χ3v) is 5.68. The molecule has 0 unspecified atom stereocenters. The molecular weight excluding hydrogens is 384 g/mol. The van der Waals surface area contributed by atoms with Gasteiger partial charge in [0, 0.05) is 23.0 Å². The van der Waals surface area contributed by atoms with Crippen molar-refractivity contribution in [1.82, 2.24) is 9.88 Å². The Bertz CT molecular complexity index is 1140. The normalized spacial score (nSPS) is 11.2. The Morgan fingerprint density at radius 3 is 2.26 bits per heavy atom. The Balaban J connectivity index is 1.60. The summed E-state index contributed by atoms with van der Waals surface area (Å²) in [7, 11) is 0. The maximum atomic E-state index is 13.5. The molecule has 31 heavy (non-hydrogen) atoms. The fraction of sp³-hybridized carbons (Fsp3) is 0.222. The molecule has 4 aromatic rings. The van der Waals surface area contributed by atoms with Crippen LogP contribution < -0.4 is 4.74 Å². The number of likely N-dealkylation sites (N-methyl/N-ethyl adjacent to an activating group) is 1. The molecule has 0 fully saturated rings. The number of nitrogens with zero attached hydrogens (tertiary/aromatic N) is 1. The van der Waals surface area contributed by atoms with E-state index in [0.29, 0.717) is 17.7 Å². The first-order chi connectivity index (χ1) is 15.2. The van der Waals surface area contributed by atoms with Crippen LogP contribution in [-0.4, -0.2) is 41.9 Å². The highest BCUT2D eigenvalue weighted by Crippen LogP contribution is 2.32. The maximum absolute atomic E-state index is 13.5. The molecule has 0 saturated heterocycles. The molecule has 4 rings (SSSR count). The van der Waals surface area contributed by atoms with Crippen molar-refractivity contribution < 1.29 is 9.53 Å². The Morgan fingerprint density at radius 2 is 1.55 bits per heavy atom. The van der Waals surface area contributed by atoms with E-state index >= 15 is 0 Å². The largest absolute Gasteiger partial charge is 0.492 e. The van der Waals surface area contributed by atoms with Gasteiger partial charge in [0.05, 0.1) is 11.3 Å². The molecule has 0 bridgehead atoms. The number of carbonyl (C=O) groups excluding carboxylic acids is 1. The number of nitrogens with one attached hydrogen (secondary N) is 1. The second-order valence-corrected chi connectivity index (χ2v) is 7.52. The molecule has 158 valence electrons. The predicted molar refractivity (Wildman–Crippen MR) is 127 cm³/mol. The number of hydrogen-bond donors (Lipinski definition) is 1. The van der Waals surface area contributed by atoms with Crippen molar-refractivity contribution in [2.75, 3.05) is 26.2 Å². The number of aromatic nitrogens is 1. The minimum absolute atomic E-state index is 0.00555. The van der Waals surface area contributed by atoms with Gasteiger partial charge in [-0.25, -0.2) is 0 Å². The number of H-pyrrole nitrogens is 1. The van der Waals surface area contributed by atoms with Crippen molar-refractivity contribution >= 4 is 16.7 Å². The lowest BCUT2D eigenvalue weighted by atomic mass is 9.97. The second-order valence-electron chi connectivity index (χ2n) is 7.52. The Kier molecular flexibility index (Phi) is 6.48. The van der Waals surface area contributed by atoms with E-state index in [1.54, 1.807) is 0 Å². The molecule has 3 aromatic carbocycles. The summed E-state index contributed by atoms with van der Waals surface area (Å²) in [5.74, 6) is 0.789. The molecule has 1 N–H and O–H groups in total. The van der Waals surface area contributed by atoms with Gasteiger partial charge in [0.2, 0.25) is 0 Å². The third-order valence-electron chi connectivity index (χ3n) is 5.68. The van der Waals surface area contributed by atoms with Crippen LogP contribution in [0.2, 0.25) is 0 Å². The molecule has 4 nitrogen and oxygen atoms in total. The zero-order valence-corrected chi connectivity index (χ0v) is 18.1. The van der Waals surface area contributed by atoms with Crippen LogP contribution in [0.25, 0.3) is 22.2 Å². The van der Waals surface area contributed by atoms with E-state index in [2.05, 4.69) is 23.7 Å². The quantitative estimate of drug-likeness (QED) is 0.354. The first kappa shape index (κ1) is 20.9. The minimum atomic E-state index is 0.00555. The summed E-state index contributed by atoms with van der Waals surface area (Å²) >= 11 is 0. The van der Waals surface area contributed by atoms with E-state index in [1.807, 2.05) is 78.9 Å². The van der Waals surface area contributed by atoms with Gasteiger partial charge in [-0.1, -0.05) is 62.4 Å². The van der Waals surface area contributed by atoms with Crippen molar-refractivity contribution in [2.24, 2.45) is 0 Å². The van der Waals surface area contributed by atoms with E-state index in [-0.39, 0.29) is 5.78 Å². The van der Waals surface area contributed by atoms with Crippen LogP contribution in [0.15, 0.2) is 78.9 Å². The zero-order valence-electron chi connectivity index (χ0n) is 18.1. The number of ether oxygens (including phenoxy) is 1. The average molecular weight is 413 g/mol. The van der Waals surface area contributed by atoms with E-state index in [9.17, 15) is 4.79 Å². The third kappa shape index (κ3) is 4.54. The summed E-state index contributed by atoms with van der Waals surface area (Å²) in [6, 6.07) is 25.4. The van der Waals surface area contributed by atoms with Gasteiger partial charge in [0.25, 0.3) is 0 Å². The monoisotopic (exact) mass is 412 g/mol. The number of benzene rings is 3. The van der Waals surface area contributed by atoms with Crippen molar-refractivity contribution in [2.45, 2.75) is 13.8 Å². The van der Waals surface area contributed by atoms with E-state index < -0.39 is 0 Å². The van der Waals surface area contributed by atoms with Gasteiger partial charge in [-0.2, -0.15) is 0 Å². The number of hydrogen-bond acceptors (Lipinski definition) is 3. The highest BCUT2D eigenvalue weighted by molar-refractivity contribution is 6.20. The van der Waals surface area contributed by atoms with Gasteiger partial charge in [-0.15, -0.1) is 0 Å². The van der Waals surface area contributed by atoms with Crippen LogP contribution in [-0.2, 0) is 0 Å². The van der Waals surface area contributed by atoms with Gasteiger partial charge in [0.1, 0.15) is 12.4 Å². The van der Waals surface area contributed by atoms with Crippen LogP contribution in [0.3, 0.4) is 0 Å². The summed E-state index contributed by atoms with van der Waals surface area (Å²) in [4.78, 5) is 19.3. The average Bonchev–Trinajstić information content (AvgIpc) is 3.22. The molecule has 0 saturated carbocycles. The molecule has 1 aromatic heterocycles. The van der Waals surface area contributed by atoms with Gasteiger partial charge >= 0.3 is 0 Å². The number of para-hydroxylation sites is 1. The zero-order chi connectivity index (χ0) is 21.6. The summed E-state index contributed by atoms with van der Waals surface area (Å²) in [5, 5.41) is 0.936. The fourth-order valence-corrected chi connectivity index (χ4v) is 3.88. The highest BCUT2D eigenvalue weighted by Gasteiger charge is 2.20. The molecule has 0 radical (unpaired) electrons.